The molecule has 0 aliphatic heterocycles. The van der Waals surface area contributed by atoms with E-state index in [1.807, 2.05) is 37.4 Å². The van der Waals surface area contributed by atoms with Crippen LogP contribution in [0.4, 0.5) is 5.69 Å². The first-order valence-electron chi connectivity index (χ1n) is 12.4. The van der Waals surface area contributed by atoms with E-state index in [1.54, 1.807) is 12.1 Å². The number of hydrogen-bond acceptors (Lipinski definition) is 5. The van der Waals surface area contributed by atoms with Crippen molar-refractivity contribution < 1.29 is 14.6 Å². The average Bonchev–Trinajstić information content (AvgIpc) is 3.69. The molecule has 0 radical (unpaired) electrons. The molecule has 2 aliphatic carbocycles. The monoisotopic (exact) mass is 459 g/mol. The molecule has 3 N–H and O–H groups in total. The number of aliphatic hydroxyl groups is 1. The minimum atomic E-state index is -0.144. The molecule has 6 nitrogen and oxygen atoms in total. The number of aromatic nitrogens is 1. The maximum Gasteiger partial charge on any atom is 0.255 e. The Morgan fingerprint density at radius 3 is 2.56 bits per heavy atom. The summed E-state index contributed by atoms with van der Waals surface area (Å²) in [7, 11) is 0. The first kappa shape index (κ1) is 22.8. The molecule has 1 amide bonds. The SMILES string of the molecule is Cc1c(NC(=O)c2ccc(OCC3CC3)cc2)ccc2cc(CNC3CCC(O)CC3)cnc12. The van der Waals surface area contributed by atoms with Gasteiger partial charge in [0.2, 0.25) is 0 Å². The Bertz CT molecular complexity index is 1150. The molecule has 2 aromatic carbocycles. The van der Waals surface area contributed by atoms with E-state index in [2.05, 4.69) is 16.7 Å². The molecule has 2 fully saturated rings. The van der Waals surface area contributed by atoms with Crippen LogP contribution in [0.3, 0.4) is 0 Å². The molecule has 0 spiro atoms. The van der Waals surface area contributed by atoms with Crippen LogP contribution < -0.4 is 15.4 Å². The lowest BCUT2D eigenvalue weighted by atomic mass is 9.93. The molecule has 0 unspecified atom stereocenters. The van der Waals surface area contributed by atoms with Gasteiger partial charge >= 0.3 is 0 Å². The number of rotatable bonds is 8. The average molecular weight is 460 g/mol. The largest absolute Gasteiger partial charge is 0.493 e. The third kappa shape index (κ3) is 5.57. The molecule has 1 aromatic heterocycles. The topological polar surface area (TPSA) is 83.5 Å². The zero-order chi connectivity index (χ0) is 23.5. The Hall–Kier alpha value is -2.96. The normalized spacial score (nSPS) is 20.3. The quantitative estimate of drug-likeness (QED) is 0.443. The summed E-state index contributed by atoms with van der Waals surface area (Å²) in [6.45, 7) is 3.52. The zero-order valence-electron chi connectivity index (χ0n) is 19.7. The highest BCUT2D eigenvalue weighted by atomic mass is 16.5. The molecule has 0 bridgehead atoms. The van der Waals surface area contributed by atoms with Crippen LogP contribution in [-0.4, -0.2) is 34.8 Å². The fraction of sp³-hybridized carbons (Fsp3) is 0.429. The molecule has 3 aromatic rings. The van der Waals surface area contributed by atoms with Gasteiger partial charge in [0.1, 0.15) is 5.75 Å². The Labute approximate surface area is 200 Å². The predicted octanol–water partition coefficient (Wildman–Crippen LogP) is 4.98. The van der Waals surface area contributed by atoms with Gasteiger partial charge in [-0.05, 0) is 98.9 Å². The molecule has 1 heterocycles. The third-order valence-electron chi connectivity index (χ3n) is 7.00. The van der Waals surface area contributed by atoms with Crippen molar-refractivity contribution in [2.24, 2.45) is 5.92 Å². The highest BCUT2D eigenvalue weighted by molar-refractivity contribution is 6.06. The lowest BCUT2D eigenvalue weighted by Crippen LogP contribution is -2.34. The van der Waals surface area contributed by atoms with Crippen molar-refractivity contribution in [3.05, 3.63) is 65.4 Å². The smallest absolute Gasteiger partial charge is 0.255 e. The van der Waals surface area contributed by atoms with E-state index < -0.39 is 0 Å². The predicted molar refractivity (Wildman–Crippen MR) is 134 cm³/mol. The van der Waals surface area contributed by atoms with E-state index >= 15 is 0 Å². The summed E-state index contributed by atoms with van der Waals surface area (Å²) in [5, 5.41) is 17.4. The third-order valence-corrected chi connectivity index (χ3v) is 7.00. The maximum atomic E-state index is 12.8. The Balaban J connectivity index is 1.21. The van der Waals surface area contributed by atoms with Crippen molar-refractivity contribution in [3.63, 3.8) is 0 Å². The summed E-state index contributed by atoms with van der Waals surface area (Å²) in [4.78, 5) is 17.5. The molecule has 5 rings (SSSR count). The maximum absolute atomic E-state index is 12.8. The second-order valence-corrected chi connectivity index (χ2v) is 9.77. The fourth-order valence-electron chi connectivity index (χ4n) is 4.56. The summed E-state index contributed by atoms with van der Waals surface area (Å²) in [6, 6.07) is 13.9. The van der Waals surface area contributed by atoms with Crippen molar-refractivity contribution in [1.29, 1.82) is 0 Å². The summed E-state index contributed by atoms with van der Waals surface area (Å²) in [5.41, 5.74) is 4.36. The van der Waals surface area contributed by atoms with Gasteiger partial charge in [-0.3, -0.25) is 9.78 Å². The molecular weight excluding hydrogens is 426 g/mol. The van der Waals surface area contributed by atoms with Crippen LogP contribution in [0.2, 0.25) is 0 Å². The fourth-order valence-corrected chi connectivity index (χ4v) is 4.56. The standard InChI is InChI=1S/C28H33N3O3/c1-18-26(31-28(33)21-4-11-25(12-5-21)34-17-19-2-3-19)13-6-22-14-20(16-30-27(18)22)15-29-23-7-9-24(32)10-8-23/h4-6,11-14,16,19,23-24,29,32H,2-3,7-10,15,17H2,1H3,(H,31,33). The second kappa shape index (κ2) is 10.1. The van der Waals surface area contributed by atoms with Gasteiger partial charge in [0, 0.05) is 35.4 Å². The molecule has 6 heteroatoms. The van der Waals surface area contributed by atoms with Crippen molar-refractivity contribution in [2.45, 2.75) is 64.1 Å². The minimum Gasteiger partial charge on any atom is -0.493 e. The highest BCUT2D eigenvalue weighted by Gasteiger charge is 2.22. The number of hydrogen-bond donors (Lipinski definition) is 3. The van der Waals surface area contributed by atoms with Gasteiger partial charge in [0.15, 0.2) is 0 Å². The van der Waals surface area contributed by atoms with Crippen LogP contribution in [0.1, 0.15) is 60.0 Å². The summed E-state index contributed by atoms with van der Waals surface area (Å²) in [5.74, 6) is 1.36. The van der Waals surface area contributed by atoms with Gasteiger partial charge in [0.05, 0.1) is 18.2 Å². The molecule has 178 valence electrons. The van der Waals surface area contributed by atoms with Gasteiger partial charge in [-0.1, -0.05) is 6.07 Å². The number of nitrogens with one attached hydrogen (secondary N) is 2. The Morgan fingerprint density at radius 2 is 1.82 bits per heavy atom. The minimum absolute atomic E-state index is 0.136. The van der Waals surface area contributed by atoms with Crippen molar-refractivity contribution >= 4 is 22.5 Å². The highest BCUT2D eigenvalue weighted by Crippen LogP contribution is 2.30. The van der Waals surface area contributed by atoms with Gasteiger partial charge in [-0.2, -0.15) is 0 Å². The number of anilines is 1. The van der Waals surface area contributed by atoms with Gasteiger partial charge < -0.3 is 20.5 Å². The molecule has 0 saturated heterocycles. The van der Waals surface area contributed by atoms with E-state index in [0.717, 1.165) is 72.3 Å². The lowest BCUT2D eigenvalue weighted by molar-refractivity contribution is 0.102. The molecule has 2 aliphatic rings. The van der Waals surface area contributed by atoms with E-state index in [1.165, 1.54) is 12.8 Å². The van der Waals surface area contributed by atoms with Crippen LogP contribution >= 0.6 is 0 Å². The number of amides is 1. The van der Waals surface area contributed by atoms with Crippen molar-refractivity contribution in [1.82, 2.24) is 10.3 Å². The van der Waals surface area contributed by atoms with E-state index in [9.17, 15) is 9.90 Å². The number of carbonyl (C=O) groups excluding carboxylic acids is 1. The van der Waals surface area contributed by atoms with Crippen LogP contribution in [0.25, 0.3) is 10.9 Å². The number of pyridine rings is 1. The molecule has 34 heavy (non-hydrogen) atoms. The number of fused-ring (bicyclic) bond motifs is 1. The van der Waals surface area contributed by atoms with E-state index in [4.69, 9.17) is 9.72 Å². The van der Waals surface area contributed by atoms with Crippen LogP contribution in [0, 0.1) is 12.8 Å². The van der Waals surface area contributed by atoms with E-state index in [0.29, 0.717) is 17.5 Å². The van der Waals surface area contributed by atoms with Gasteiger partial charge in [-0.15, -0.1) is 0 Å². The zero-order valence-corrected chi connectivity index (χ0v) is 19.7. The summed E-state index contributed by atoms with van der Waals surface area (Å²) in [6.07, 6.45) is 8.06. The summed E-state index contributed by atoms with van der Waals surface area (Å²) < 4.78 is 5.76. The number of aliphatic hydroxyl groups excluding tert-OH is 1. The second-order valence-electron chi connectivity index (χ2n) is 9.77. The Morgan fingerprint density at radius 1 is 1.06 bits per heavy atom. The number of nitrogens with zero attached hydrogens (tertiary/aromatic N) is 1. The number of benzene rings is 2. The molecule has 2 saturated carbocycles. The van der Waals surface area contributed by atoms with E-state index in [-0.39, 0.29) is 12.0 Å². The van der Waals surface area contributed by atoms with Crippen molar-refractivity contribution in [3.8, 4) is 5.75 Å². The van der Waals surface area contributed by atoms with Crippen LogP contribution in [-0.2, 0) is 6.54 Å². The van der Waals surface area contributed by atoms with Gasteiger partial charge in [0.25, 0.3) is 5.91 Å². The molecule has 0 atom stereocenters. The summed E-state index contributed by atoms with van der Waals surface area (Å²) >= 11 is 0. The van der Waals surface area contributed by atoms with Gasteiger partial charge in [-0.25, -0.2) is 0 Å². The molecular formula is C28H33N3O3. The van der Waals surface area contributed by atoms with Crippen LogP contribution in [0.15, 0.2) is 48.7 Å². The number of aryl methyl sites for hydroxylation is 1. The first-order valence-corrected chi connectivity index (χ1v) is 12.4. The number of ether oxygens (including phenoxy) is 1. The first-order chi connectivity index (χ1) is 16.5. The Kier molecular flexibility index (Phi) is 6.79. The number of carbonyl (C=O) groups is 1. The van der Waals surface area contributed by atoms with Crippen LogP contribution in [0.5, 0.6) is 5.75 Å². The lowest BCUT2D eigenvalue weighted by Gasteiger charge is -2.26. The van der Waals surface area contributed by atoms with Crippen molar-refractivity contribution in [2.75, 3.05) is 11.9 Å².